The summed E-state index contributed by atoms with van der Waals surface area (Å²) in [6.45, 7) is 2.78. The van der Waals surface area contributed by atoms with Crippen molar-refractivity contribution < 1.29 is 9.53 Å². The van der Waals surface area contributed by atoms with Crippen LogP contribution in [0.2, 0.25) is 0 Å². The van der Waals surface area contributed by atoms with Crippen molar-refractivity contribution >= 4 is 17.2 Å². The first-order chi connectivity index (χ1) is 11.1. The van der Waals surface area contributed by atoms with E-state index in [2.05, 4.69) is 10.1 Å². The first-order valence-corrected chi connectivity index (χ1v) is 8.75. The van der Waals surface area contributed by atoms with Crippen LogP contribution in [0.15, 0.2) is 11.6 Å². The Morgan fingerprint density at radius 2 is 2.35 bits per heavy atom. The Bertz CT molecular complexity index is 681. The van der Waals surface area contributed by atoms with Crippen LogP contribution in [-0.2, 0) is 18.3 Å². The molecule has 1 amide bonds. The minimum Gasteiger partial charge on any atom is -0.481 e. The van der Waals surface area contributed by atoms with Crippen LogP contribution in [0.5, 0.6) is 5.88 Å². The van der Waals surface area contributed by atoms with Gasteiger partial charge in [-0.25, -0.2) is 9.67 Å². The highest BCUT2D eigenvalue weighted by Crippen LogP contribution is 2.39. The number of likely N-dealkylation sites (tertiary alicyclic amines) is 1. The average molecular weight is 334 g/mol. The number of aromatic nitrogens is 3. The van der Waals surface area contributed by atoms with Crippen LogP contribution in [0.1, 0.15) is 41.6 Å². The van der Waals surface area contributed by atoms with Crippen molar-refractivity contribution in [3.8, 4) is 5.88 Å². The first kappa shape index (κ1) is 16.0. The van der Waals surface area contributed by atoms with Crippen LogP contribution >= 0.6 is 11.3 Å². The first-order valence-electron chi connectivity index (χ1n) is 7.87. The lowest BCUT2D eigenvalue weighted by Crippen LogP contribution is -2.31. The highest BCUT2D eigenvalue weighted by atomic mass is 32.1. The van der Waals surface area contributed by atoms with Crippen molar-refractivity contribution in [1.29, 1.82) is 0 Å². The molecule has 0 N–H and O–H groups in total. The van der Waals surface area contributed by atoms with E-state index in [-0.39, 0.29) is 11.9 Å². The summed E-state index contributed by atoms with van der Waals surface area (Å²) in [7, 11) is 3.53. The summed E-state index contributed by atoms with van der Waals surface area (Å²) in [6.07, 6.45) is 4.98. The summed E-state index contributed by atoms with van der Waals surface area (Å²) >= 11 is 1.60. The Balaban J connectivity index is 1.76. The summed E-state index contributed by atoms with van der Waals surface area (Å²) < 4.78 is 7.26. The maximum atomic E-state index is 12.7. The monoisotopic (exact) mass is 334 g/mol. The fraction of sp³-hybridized carbons (Fsp3) is 0.562. The Labute approximate surface area is 140 Å². The van der Waals surface area contributed by atoms with Crippen LogP contribution in [0.4, 0.5) is 0 Å². The summed E-state index contributed by atoms with van der Waals surface area (Å²) in [5, 5.41) is 7.42. The molecule has 0 saturated carbocycles. The van der Waals surface area contributed by atoms with Gasteiger partial charge in [-0.05, 0) is 19.8 Å². The number of carbonyl (C=O) groups excluding carboxylic acids is 1. The Hall–Kier alpha value is -1.89. The van der Waals surface area contributed by atoms with Crippen molar-refractivity contribution in [1.82, 2.24) is 19.7 Å². The van der Waals surface area contributed by atoms with Gasteiger partial charge in [-0.2, -0.15) is 5.10 Å². The van der Waals surface area contributed by atoms with Crippen LogP contribution < -0.4 is 4.74 Å². The standard InChI is InChI=1S/C16H22N4O2S/c1-11-15(16(22-3)19(2)18-11)12-5-4-9-20(12)14(21)7-6-13-17-8-10-23-13/h8,10,12H,4-7,9H2,1-3H3. The number of hydrogen-bond acceptors (Lipinski definition) is 5. The van der Waals surface area contributed by atoms with Gasteiger partial charge in [0.25, 0.3) is 0 Å². The van der Waals surface area contributed by atoms with Gasteiger partial charge in [0.05, 0.1) is 29.4 Å². The summed E-state index contributed by atoms with van der Waals surface area (Å²) in [4.78, 5) is 18.9. The lowest BCUT2D eigenvalue weighted by molar-refractivity contribution is -0.132. The fourth-order valence-corrected chi connectivity index (χ4v) is 4.00. The Morgan fingerprint density at radius 1 is 1.52 bits per heavy atom. The number of methoxy groups -OCH3 is 1. The molecule has 1 unspecified atom stereocenters. The number of aryl methyl sites for hydroxylation is 3. The minimum atomic E-state index is 0.0717. The average Bonchev–Trinajstić information content (AvgIpc) is 3.24. The third kappa shape index (κ3) is 3.10. The van der Waals surface area contributed by atoms with Crippen molar-refractivity contribution in [3.05, 3.63) is 27.8 Å². The summed E-state index contributed by atoms with van der Waals surface area (Å²) in [6, 6.07) is 0.0717. The van der Waals surface area contributed by atoms with Gasteiger partial charge in [-0.3, -0.25) is 4.79 Å². The van der Waals surface area contributed by atoms with Crippen molar-refractivity contribution in [2.24, 2.45) is 7.05 Å². The number of hydrogen-bond donors (Lipinski definition) is 0. The zero-order chi connectivity index (χ0) is 16.4. The Kier molecular flexibility index (Phi) is 4.66. The molecular weight excluding hydrogens is 312 g/mol. The molecule has 1 atom stereocenters. The maximum absolute atomic E-state index is 12.7. The molecule has 0 aliphatic carbocycles. The number of rotatable bonds is 5. The van der Waals surface area contributed by atoms with Crippen LogP contribution in [0, 0.1) is 6.92 Å². The van der Waals surface area contributed by atoms with Crippen LogP contribution in [0.25, 0.3) is 0 Å². The van der Waals surface area contributed by atoms with E-state index < -0.39 is 0 Å². The molecule has 0 radical (unpaired) electrons. The quantitative estimate of drug-likeness (QED) is 0.843. The van der Waals surface area contributed by atoms with Crippen LogP contribution in [-0.4, -0.2) is 39.2 Å². The maximum Gasteiger partial charge on any atom is 0.223 e. The van der Waals surface area contributed by atoms with E-state index in [1.54, 1.807) is 29.3 Å². The largest absolute Gasteiger partial charge is 0.481 e. The highest BCUT2D eigenvalue weighted by molar-refractivity contribution is 7.09. The second kappa shape index (κ2) is 6.70. The van der Waals surface area contributed by atoms with Gasteiger partial charge < -0.3 is 9.64 Å². The van der Waals surface area contributed by atoms with Gasteiger partial charge in [0.1, 0.15) is 0 Å². The predicted octanol–water partition coefficient (Wildman–Crippen LogP) is 2.49. The van der Waals surface area contributed by atoms with E-state index in [4.69, 9.17) is 4.74 Å². The zero-order valence-electron chi connectivity index (χ0n) is 13.8. The molecule has 1 saturated heterocycles. The second-order valence-electron chi connectivity index (χ2n) is 5.80. The van der Waals surface area contributed by atoms with Crippen molar-refractivity contribution in [2.75, 3.05) is 13.7 Å². The molecule has 1 aliphatic heterocycles. The molecule has 7 heteroatoms. The number of carbonyl (C=O) groups is 1. The van der Waals surface area contributed by atoms with Gasteiger partial charge in [0.2, 0.25) is 11.8 Å². The van der Waals surface area contributed by atoms with E-state index in [1.165, 1.54) is 0 Å². The molecule has 3 rings (SSSR count). The molecule has 1 aliphatic rings. The van der Waals surface area contributed by atoms with E-state index in [9.17, 15) is 4.79 Å². The van der Waals surface area contributed by atoms with Gasteiger partial charge >= 0.3 is 0 Å². The topological polar surface area (TPSA) is 60.2 Å². The predicted molar refractivity (Wildman–Crippen MR) is 88.6 cm³/mol. The molecule has 2 aromatic rings. The summed E-state index contributed by atoms with van der Waals surface area (Å²) in [5.74, 6) is 0.945. The van der Waals surface area contributed by atoms with Gasteiger partial charge in [-0.15, -0.1) is 11.3 Å². The van der Waals surface area contributed by atoms with E-state index in [0.29, 0.717) is 12.8 Å². The zero-order valence-corrected chi connectivity index (χ0v) is 14.6. The van der Waals surface area contributed by atoms with Crippen LogP contribution in [0.3, 0.4) is 0 Å². The highest BCUT2D eigenvalue weighted by Gasteiger charge is 2.34. The number of amides is 1. The molecule has 2 aromatic heterocycles. The number of thiazole rings is 1. The van der Waals surface area contributed by atoms with Crippen molar-refractivity contribution in [3.63, 3.8) is 0 Å². The molecule has 1 fully saturated rings. The molecule has 3 heterocycles. The molecule has 0 aromatic carbocycles. The molecule has 0 bridgehead atoms. The lowest BCUT2D eigenvalue weighted by Gasteiger charge is -2.25. The fourth-order valence-electron chi connectivity index (χ4n) is 3.38. The third-order valence-electron chi connectivity index (χ3n) is 4.35. The normalized spacial score (nSPS) is 17.7. The van der Waals surface area contributed by atoms with Gasteiger partial charge in [0, 0.05) is 38.0 Å². The molecule has 23 heavy (non-hydrogen) atoms. The number of nitrogens with zero attached hydrogens (tertiary/aromatic N) is 4. The van der Waals surface area contributed by atoms with Crippen molar-refractivity contribution in [2.45, 2.75) is 38.6 Å². The summed E-state index contributed by atoms with van der Waals surface area (Å²) in [5.41, 5.74) is 1.99. The number of ether oxygens (including phenoxy) is 1. The minimum absolute atomic E-state index is 0.0717. The molecule has 0 spiro atoms. The van der Waals surface area contributed by atoms with E-state index in [0.717, 1.165) is 41.5 Å². The van der Waals surface area contributed by atoms with E-state index >= 15 is 0 Å². The molecule has 6 nitrogen and oxygen atoms in total. The van der Waals surface area contributed by atoms with Gasteiger partial charge in [0.15, 0.2) is 0 Å². The Morgan fingerprint density at radius 3 is 3.04 bits per heavy atom. The smallest absolute Gasteiger partial charge is 0.223 e. The van der Waals surface area contributed by atoms with E-state index in [1.807, 2.05) is 24.3 Å². The third-order valence-corrected chi connectivity index (χ3v) is 5.19. The molecular formula is C16H22N4O2S. The second-order valence-corrected chi connectivity index (χ2v) is 6.78. The lowest BCUT2D eigenvalue weighted by atomic mass is 10.0. The molecule has 124 valence electrons. The van der Waals surface area contributed by atoms with Gasteiger partial charge in [-0.1, -0.05) is 0 Å². The SMILES string of the molecule is COc1c(C2CCCN2C(=O)CCc2nccs2)c(C)nn1C.